The second-order valence-corrected chi connectivity index (χ2v) is 4.16. The van der Waals surface area contributed by atoms with Crippen LogP contribution in [0.15, 0.2) is 0 Å². The van der Waals surface area contributed by atoms with Gasteiger partial charge in [-0.2, -0.15) is 0 Å². The summed E-state index contributed by atoms with van der Waals surface area (Å²) in [6, 6.07) is 0. The van der Waals surface area contributed by atoms with Gasteiger partial charge in [0.2, 0.25) is 0 Å². The lowest BCUT2D eigenvalue weighted by Gasteiger charge is -2.37. The standard InChI is InChI=1S/C9H17NO/c1-9(2,4-7-11)8-10-5-3-6-10/h7H,3-6,8H2,1-2H3. The summed E-state index contributed by atoms with van der Waals surface area (Å²) in [4.78, 5) is 12.7. The van der Waals surface area contributed by atoms with E-state index in [1.54, 1.807) is 0 Å². The fourth-order valence-electron chi connectivity index (χ4n) is 1.44. The number of carbonyl (C=O) groups is 1. The summed E-state index contributed by atoms with van der Waals surface area (Å²) >= 11 is 0. The molecule has 0 N–H and O–H groups in total. The molecular weight excluding hydrogens is 138 g/mol. The Morgan fingerprint density at radius 3 is 2.45 bits per heavy atom. The number of rotatable bonds is 4. The second-order valence-electron chi connectivity index (χ2n) is 4.16. The summed E-state index contributed by atoms with van der Waals surface area (Å²) < 4.78 is 0. The molecule has 0 spiro atoms. The Morgan fingerprint density at radius 2 is 2.09 bits per heavy atom. The molecule has 1 rings (SSSR count). The lowest BCUT2D eigenvalue weighted by atomic mass is 9.88. The Kier molecular flexibility index (Phi) is 2.66. The molecule has 2 heteroatoms. The first-order valence-corrected chi connectivity index (χ1v) is 4.30. The van der Waals surface area contributed by atoms with Crippen LogP contribution in [0.2, 0.25) is 0 Å². The highest BCUT2D eigenvalue weighted by molar-refractivity contribution is 5.50. The predicted octanol–water partition coefficient (Wildman–Crippen LogP) is 1.31. The summed E-state index contributed by atoms with van der Waals surface area (Å²) in [6.45, 7) is 7.83. The van der Waals surface area contributed by atoms with Gasteiger partial charge < -0.3 is 9.69 Å². The van der Waals surface area contributed by atoms with Crippen molar-refractivity contribution >= 4 is 6.29 Å². The Hall–Kier alpha value is -0.370. The predicted molar refractivity (Wildman–Crippen MR) is 45.5 cm³/mol. The van der Waals surface area contributed by atoms with Crippen LogP contribution in [0.1, 0.15) is 26.7 Å². The van der Waals surface area contributed by atoms with Crippen molar-refractivity contribution in [1.82, 2.24) is 4.90 Å². The van der Waals surface area contributed by atoms with Crippen LogP contribution in [0.25, 0.3) is 0 Å². The molecule has 0 amide bonds. The molecule has 0 atom stereocenters. The topological polar surface area (TPSA) is 20.3 Å². The Morgan fingerprint density at radius 1 is 1.45 bits per heavy atom. The van der Waals surface area contributed by atoms with Crippen LogP contribution in [0, 0.1) is 5.41 Å². The molecule has 0 unspecified atom stereocenters. The Bertz CT molecular complexity index is 138. The fourth-order valence-corrected chi connectivity index (χ4v) is 1.44. The number of carbonyl (C=O) groups excluding carboxylic acids is 1. The number of hydrogen-bond donors (Lipinski definition) is 0. The zero-order valence-electron chi connectivity index (χ0n) is 7.47. The molecule has 0 radical (unpaired) electrons. The van der Waals surface area contributed by atoms with Gasteiger partial charge >= 0.3 is 0 Å². The third-order valence-electron chi connectivity index (χ3n) is 2.24. The van der Waals surface area contributed by atoms with E-state index in [9.17, 15) is 4.79 Å². The molecule has 0 aromatic carbocycles. The smallest absolute Gasteiger partial charge is 0.120 e. The van der Waals surface area contributed by atoms with Gasteiger partial charge in [0.1, 0.15) is 6.29 Å². The minimum atomic E-state index is 0.183. The molecule has 0 saturated carbocycles. The maximum atomic E-state index is 10.3. The van der Waals surface area contributed by atoms with Gasteiger partial charge in [-0.15, -0.1) is 0 Å². The van der Waals surface area contributed by atoms with Gasteiger partial charge in [-0.1, -0.05) is 13.8 Å². The molecule has 1 fully saturated rings. The number of aldehydes is 1. The average molecular weight is 155 g/mol. The molecule has 0 aliphatic carbocycles. The van der Waals surface area contributed by atoms with Crippen molar-refractivity contribution in [2.45, 2.75) is 26.7 Å². The number of hydrogen-bond acceptors (Lipinski definition) is 2. The summed E-state index contributed by atoms with van der Waals surface area (Å²) in [6.07, 6.45) is 3.04. The summed E-state index contributed by atoms with van der Waals surface area (Å²) in [5.74, 6) is 0. The van der Waals surface area contributed by atoms with Crippen LogP contribution in [0.3, 0.4) is 0 Å². The minimum absolute atomic E-state index is 0.183. The van der Waals surface area contributed by atoms with E-state index in [-0.39, 0.29) is 5.41 Å². The summed E-state index contributed by atoms with van der Waals surface area (Å²) in [7, 11) is 0. The molecular formula is C9H17NO. The van der Waals surface area contributed by atoms with E-state index < -0.39 is 0 Å². The highest BCUT2D eigenvalue weighted by Gasteiger charge is 2.24. The molecule has 11 heavy (non-hydrogen) atoms. The quantitative estimate of drug-likeness (QED) is 0.570. The van der Waals surface area contributed by atoms with Crippen LogP contribution in [-0.2, 0) is 4.79 Å². The Labute approximate surface area is 68.6 Å². The van der Waals surface area contributed by atoms with Crippen molar-refractivity contribution in [2.24, 2.45) is 5.41 Å². The van der Waals surface area contributed by atoms with Gasteiger partial charge in [-0.3, -0.25) is 0 Å². The van der Waals surface area contributed by atoms with Gasteiger partial charge in [0, 0.05) is 13.0 Å². The molecule has 2 nitrogen and oxygen atoms in total. The lowest BCUT2D eigenvalue weighted by Crippen LogP contribution is -2.43. The molecule has 0 bridgehead atoms. The van der Waals surface area contributed by atoms with Gasteiger partial charge in [-0.25, -0.2) is 0 Å². The van der Waals surface area contributed by atoms with E-state index in [1.165, 1.54) is 19.5 Å². The maximum Gasteiger partial charge on any atom is 0.120 e. The number of nitrogens with zero attached hydrogens (tertiary/aromatic N) is 1. The molecule has 1 aliphatic rings. The van der Waals surface area contributed by atoms with Crippen molar-refractivity contribution < 1.29 is 4.79 Å². The van der Waals surface area contributed by atoms with Gasteiger partial charge in [0.25, 0.3) is 0 Å². The van der Waals surface area contributed by atoms with Crippen molar-refractivity contribution in [3.8, 4) is 0 Å². The van der Waals surface area contributed by atoms with Crippen LogP contribution < -0.4 is 0 Å². The van der Waals surface area contributed by atoms with Crippen LogP contribution in [0.5, 0.6) is 0 Å². The highest BCUT2D eigenvalue weighted by Crippen LogP contribution is 2.22. The average Bonchev–Trinajstić information content (AvgIpc) is 1.79. The van der Waals surface area contributed by atoms with E-state index >= 15 is 0 Å². The van der Waals surface area contributed by atoms with Crippen molar-refractivity contribution in [3.63, 3.8) is 0 Å². The van der Waals surface area contributed by atoms with Crippen molar-refractivity contribution in [3.05, 3.63) is 0 Å². The van der Waals surface area contributed by atoms with E-state index in [1.807, 2.05) is 0 Å². The first-order chi connectivity index (χ1) is 5.14. The SMILES string of the molecule is CC(C)(CC=O)CN1CCC1. The monoisotopic (exact) mass is 155 g/mol. The largest absolute Gasteiger partial charge is 0.303 e. The summed E-state index contributed by atoms with van der Waals surface area (Å²) in [5, 5.41) is 0. The molecule has 1 heterocycles. The Balaban J connectivity index is 2.25. The lowest BCUT2D eigenvalue weighted by molar-refractivity contribution is -0.109. The molecule has 1 saturated heterocycles. The van der Waals surface area contributed by atoms with Crippen LogP contribution in [-0.4, -0.2) is 30.8 Å². The highest BCUT2D eigenvalue weighted by atomic mass is 16.1. The van der Waals surface area contributed by atoms with Crippen molar-refractivity contribution in [2.75, 3.05) is 19.6 Å². The molecule has 0 aromatic rings. The van der Waals surface area contributed by atoms with Gasteiger partial charge in [0.05, 0.1) is 0 Å². The van der Waals surface area contributed by atoms with E-state index in [0.29, 0.717) is 6.42 Å². The van der Waals surface area contributed by atoms with Crippen molar-refractivity contribution in [1.29, 1.82) is 0 Å². The fraction of sp³-hybridized carbons (Fsp3) is 0.889. The van der Waals surface area contributed by atoms with Gasteiger partial charge in [-0.05, 0) is 24.9 Å². The zero-order valence-corrected chi connectivity index (χ0v) is 7.47. The van der Waals surface area contributed by atoms with Crippen LogP contribution in [0.4, 0.5) is 0 Å². The molecule has 1 aliphatic heterocycles. The first kappa shape index (κ1) is 8.72. The molecule has 64 valence electrons. The third-order valence-corrected chi connectivity index (χ3v) is 2.24. The second kappa shape index (κ2) is 3.35. The van der Waals surface area contributed by atoms with E-state index in [2.05, 4.69) is 18.7 Å². The zero-order chi connectivity index (χ0) is 8.32. The first-order valence-electron chi connectivity index (χ1n) is 4.30. The normalized spacial score (nSPS) is 19.5. The van der Waals surface area contributed by atoms with E-state index in [0.717, 1.165) is 12.8 Å². The van der Waals surface area contributed by atoms with E-state index in [4.69, 9.17) is 0 Å². The maximum absolute atomic E-state index is 10.3. The number of likely N-dealkylation sites (tertiary alicyclic amines) is 1. The van der Waals surface area contributed by atoms with Crippen LogP contribution >= 0.6 is 0 Å². The van der Waals surface area contributed by atoms with Gasteiger partial charge in [0.15, 0.2) is 0 Å². The third kappa shape index (κ3) is 2.62. The molecule has 0 aromatic heterocycles. The summed E-state index contributed by atoms with van der Waals surface area (Å²) in [5.41, 5.74) is 0.183. The minimum Gasteiger partial charge on any atom is -0.303 e.